The van der Waals surface area contributed by atoms with Crippen LogP contribution in [-0.4, -0.2) is 80.1 Å². The number of benzene rings is 3. The largest absolute Gasteiger partial charge is 0.379 e. The summed E-state index contributed by atoms with van der Waals surface area (Å²) in [5.74, 6) is 0. The van der Waals surface area contributed by atoms with Crippen LogP contribution in [0.15, 0.2) is 104 Å². The van der Waals surface area contributed by atoms with Crippen LogP contribution < -0.4 is 0 Å². The first-order valence-electron chi connectivity index (χ1n) is 14.4. The topological polar surface area (TPSA) is 43.4 Å². The Balaban J connectivity index is 1.43. The number of nitrogens with zero attached hydrogens (tertiary/aromatic N) is 2. The number of rotatable bonds is 13. The molecule has 5 rings (SSSR count). The molecule has 0 bridgehead atoms. The predicted octanol–water partition coefficient (Wildman–Crippen LogP) is 4.95. The molecule has 2 saturated heterocycles. The highest BCUT2D eigenvalue weighted by atomic mass is 16.6. The van der Waals surface area contributed by atoms with E-state index >= 15 is 0 Å². The molecule has 2 fully saturated rings. The van der Waals surface area contributed by atoms with Gasteiger partial charge in [0.1, 0.15) is 12.2 Å². The van der Waals surface area contributed by atoms with Crippen LogP contribution in [0.25, 0.3) is 0 Å². The average Bonchev–Trinajstić information content (AvgIpc) is 3.01. The molecular formula is C34H42N2O4. The van der Waals surface area contributed by atoms with Crippen LogP contribution in [0.5, 0.6) is 0 Å². The second-order valence-electron chi connectivity index (χ2n) is 10.6. The van der Waals surface area contributed by atoms with Crippen LogP contribution in [0.3, 0.4) is 0 Å². The highest BCUT2D eigenvalue weighted by molar-refractivity contribution is 5.16. The summed E-state index contributed by atoms with van der Waals surface area (Å²) in [6, 6.07) is 31.2. The van der Waals surface area contributed by atoms with Crippen molar-refractivity contribution in [1.82, 2.24) is 9.80 Å². The first-order chi connectivity index (χ1) is 19.8. The minimum absolute atomic E-state index is 0.122. The van der Waals surface area contributed by atoms with Crippen LogP contribution in [0.4, 0.5) is 0 Å². The van der Waals surface area contributed by atoms with E-state index in [1.54, 1.807) is 0 Å². The van der Waals surface area contributed by atoms with E-state index in [1.807, 2.05) is 24.3 Å². The summed E-state index contributed by atoms with van der Waals surface area (Å²) >= 11 is 0. The standard InChI is InChI=1S/C34H42N2O4/c1-2-18-36-24-32(38-25-28-12-6-3-7-13-28)34(40-27-30-16-10-5-11-17-30)33(39-26-29-14-8-4-9-15-29)31(36)23-35-19-21-37-22-20-35/h2-17,31-34H,1,18-27H2/t31-,32+,33-,34+/m1/s1. The molecule has 0 unspecified atom stereocenters. The maximum Gasteiger partial charge on any atom is 0.113 e. The van der Waals surface area contributed by atoms with Gasteiger partial charge in [0.15, 0.2) is 0 Å². The van der Waals surface area contributed by atoms with Crippen molar-refractivity contribution in [3.8, 4) is 0 Å². The Kier molecular flexibility index (Phi) is 10.9. The van der Waals surface area contributed by atoms with Gasteiger partial charge in [-0.25, -0.2) is 0 Å². The van der Waals surface area contributed by atoms with Crippen LogP contribution in [0, 0.1) is 0 Å². The number of morpholine rings is 1. The normalized spacial score (nSPS) is 24.1. The van der Waals surface area contributed by atoms with Crippen molar-refractivity contribution >= 4 is 0 Å². The van der Waals surface area contributed by atoms with Gasteiger partial charge in [0.25, 0.3) is 0 Å². The summed E-state index contributed by atoms with van der Waals surface area (Å²) in [6.45, 7) is 11.4. The van der Waals surface area contributed by atoms with Gasteiger partial charge >= 0.3 is 0 Å². The zero-order valence-electron chi connectivity index (χ0n) is 23.4. The molecule has 4 atom stereocenters. The van der Waals surface area contributed by atoms with E-state index in [1.165, 1.54) is 0 Å². The molecule has 3 aromatic rings. The molecule has 6 nitrogen and oxygen atoms in total. The average molecular weight is 543 g/mol. The lowest BCUT2D eigenvalue weighted by Crippen LogP contribution is -2.66. The van der Waals surface area contributed by atoms with E-state index in [0.29, 0.717) is 19.8 Å². The van der Waals surface area contributed by atoms with E-state index in [0.717, 1.165) is 62.6 Å². The van der Waals surface area contributed by atoms with Crippen LogP contribution >= 0.6 is 0 Å². The summed E-state index contributed by atoms with van der Waals surface area (Å²) in [7, 11) is 0. The quantitative estimate of drug-likeness (QED) is 0.285. The molecule has 0 aliphatic carbocycles. The second kappa shape index (κ2) is 15.2. The van der Waals surface area contributed by atoms with Gasteiger partial charge in [0.2, 0.25) is 0 Å². The van der Waals surface area contributed by atoms with Crippen molar-refractivity contribution in [2.75, 3.05) is 45.9 Å². The lowest BCUT2D eigenvalue weighted by Gasteiger charge is -2.49. The highest BCUT2D eigenvalue weighted by Crippen LogP contribution is 2.29. The smallest absolute Gasteiger partial charge is 0.113 e. The summed E-state index contributed by atoms with van der Waals surface area (Å²) < 4.78 is 25.9. The summed E-state index contributed by atoms with van der Waals surface area (Å²) in [5.41, 5.74) is 3.44. The Morgan fingerprint density at radius 2 is 1.20 bits per heavy atom. The second-order valence-corrected chi connectivity index (χ2v) is 10.6. The van der Waals surface area contributed by atoms with Crippen molar-refractivity contribution in [3.05, 3.63) is 120 Å². The van der Waals surface area contributed by atoms with E-state index in [9.17, 15) is 0 Å². The first kappa shape index (κ1) is 28.7. The third-order valence-corrected chi connectivity index (χ3v) is 7.74. The van der Waals surface area contributed by atoms with Gasteiger partial charge in [-0.3, -0.25) is 9.80 Å². The third-order valence-electron chi connectivity index (χ3n) is 7.74. The monoisotopic (exact) mass is 542 g/mol. The van der Waals surface area contributed by atoms with Gasteiger partial charge in [-0.15, -0.1) is 6.58 Å². The van der Waals surface area contributed by atoms with Crippen molar-refractivity contribution in [3.63, 3.8) is 0 Å². The fourth-order valence-electron chi connectivity index (χ4n) is 5.62. The Labute approximate surface area is 239 Å². The molecule has 0 amide bonds. The molecule has 0 aromatic heterocycles. The number of hydrogen-bond donors (Lipinski definition) is 0. The van der Waals surface area contributed by atoms with Gasteiger partial charge in [0.05, 0.1) is 45.2 Å². The number of likely N-dealkylation sites (tertiary alicyclic amines) is 1. The molecule has 6 heteroatoms. The fraction of sp³-hybridized carbons (Fsp3) is 0.412. The summed E-state index contributed by atoms with van der Waals surface area (Å²) in [4.78, 5) is 4.96. The Bertz CT molecular complexity index is 1120. The highest BCUT2D eigenvalue weighted by Gasteiger charge is 2.46. The molecule has 212 valence electrons. The SMILES string of the molecule is C=CCN1C[C@H](OCc2ccccc2)[C@H](OCc2ccccc2)[C@H](OCc2ccccc2)[C@H]1CN1CCOCC1. The van der Waals surface area contributed by atoms with Crippen LogP contribution in [-0.2, 0) is 38.8 Å². The molecule has 40 heavy (non-hydrogen) atoms. The van der Waals surface area contributed by atoms with Crippen LogP contribution in [0.2, 0.25) is 0 Å². The maximum absolute atomic E-state index is 6.84. The molecule has 0 N–H and O–H groups in total. The van der Waals surface area contributed by atoms with E-state index in [2.05, 4.69) is 89.2 Å². The Morgan fingerprint density at radius 3 is 1.73 bits per heavy atom. The Morgan fingerprint density at radius 1 is 0.700 bits per heavy atom. The van der Waals surface area contributed by atoms with Gasteiger partial charge < -0.3 is 18.9 Å². The number of ether oxygens (including phenoxy) is 4. The van der Waals surface area contributed by atoms with E-state index in [4.69, 9.17) is 18.9 Å². The van der Waals surface area contributed by atoms with Gasteiger partial charge in [0, 0.05) is 32.7 Å². The number of piperidine rings is 1. The van der Waals surface area contributed by atoms with Crippen molar-refractivity contribution in [2.24, 2.45) is 0 Å². The third kappa shape index (κ3) is 8.10. The van der Waals surface area contributed by atoms with E-state index < -0.39 is 0 Å². The zero-order valence-corrected chi connectivity index (χ0v) is 23.4. The zero-order chi connectivity index (χ0) is 27.4. The van der Waals surface area contributed by atoms with Crippen molar-refractivity contribution < 1.29 is 18.9 Å². The first-order valence-corrected chi connectivity index (χ1v) is 14.4. The van der Waals surface area contributed by atoms with Crippen molar-refractivity contribution in [2.45, 2.75) is 44.2 Å². The summed E-state index contributed by atoms with van der Waals surface area (Å²) in [5, 5.41) is 0. The lowest BCUT2D eigenvalue weighted by molar-refractivity contribution is -0.205. The molecule has 3 aromatic carbocycles. The lowest BCUT2D eigenvalue weighted by atomic mass is 9.92. The minimum atomic E-state index is -0.236. The molecule has 2 heterocycles. The molecule has 0 saturated carbocycles. The maximum atomic E-state index is 6.84. The van der Waals surface area contributed by atoms with Gasteiger partial charge in [-0.05, 0) is 16.7 Å². The molecule has 2 aliphatic rings. The number of hydrogen-bond acceptors (Lipinski definition) is 6. The van der Waals surface area contributed by atoms with Gasteiger partial charge in [-0.2, -0.15) is 0 Å². The van der Waals surface area contributed by atoms with Gasteiger partial charge in [-0.1, -0.05) is 97.1 Å². The molecular weight excluding hydrogens is 500 g/mol. The Hall–Kier alpha value is -2.84. The molecule has 2 aliphatic heterocycles. The van der Waals surface area contributed by atoms with E-state index in [-0.39, 0.29) is 24.4 Å². The fourth-order valence-corrected chi connectivity index (χ4v) is 5.62. The summed E-state index contributed by atoms with van der Waals surface area (Å²) in [6.07, 6.45) is 1.39. The van der Waals surface area contributed by atoms with Crippen LogP contribution in [0.1, 0.15) is 16.7 Å². The minimum Gasteiger partial charge on any atom is -0.379 e. The van der Waals surface area contributed by atoms with Crippen molar-refractivity contribution in [1.29, 1.82) is 0 Å². The molecule has 0 spiro atoms. The predicted molar refractivity (Wildman–Crippen MR) is 158 cm³/mol. The molecule has 0 radical (unpaired) electrons.